The molecule has 0 aliphatic rings. The zero-order valence-corrected chi connectivity index (χ0v) is 7.12. The maximum absolute atomic E-state index is 5.87. The summed E-state index contributed by atoms with van der Waals surface area (Å²) < 4.78 is 1.78. The topological polar surface area (TPSA) is 43.8 Å². The summed E-state index contributed by atoms with van der Waals surface area (Å²) in [7, 11) is 1.90. The van der Waals surface area contributed by atoms with Gasteiger partial charge in [0.15, 0.2) is 0 Å². The van der Waals surface area contributed by atoms with Gasteiger partial charge in [0.25, 0.3) is 0 Å². The molecule has 0 spiro atoms. The molecule has 2 N–H and O–H groups in total. The second-order valence-electron chi connectivity index (χ2n) is 2.84. The van der Waals surface area contributed by atoms with Crippen LogP contribution in [0.5, 0.6) is 0 Å². The first-order chi connectivity index (χ1) is 5.24. The summed E-state index contributed by atoms with van der Waals surface area (Å²) in [5.74, 6) is 0. The Bertz CT molecular complexity index is 217. The van der Waals surface area contributed by atoms with Crippen LogP contribution in [0.2, 0.25) is 0 Å². The van der Waals surface area contributed by atoms with Crippen LogP contribution in [0.25, 0.3) is 0 Å². The number of rotatable bonds is 3. The van der Waals surface area contributed by atoms with Gasteiger partial charge in [0.1, 0.15) is 0 Å². The highest BCUT2D eigenvalue weighted by molar-refractivity contribution is 5.08. The Morgan fingerprint density at radius 1 is 1.73 bits per heavy atom. The normalized spacial score (nSPS) is 13.4. The highest BCUT2D eigenvalue weighted by Crippen LogP contribution is 2.13. The van der Waals surface area contributed by atoms with E-state index in [4.69, 9.17) is 5.73 Å². The van der Waals surface area contributed by atoms with Crippen molar-refractivity contribution in [3.8, 4) is 0 Å². The predicted molar refractivity (Wildman–Crippen MR) is 45.0 cm³/mol. The lowest BCUT2D eigenvalue weighted by Gasteiger charge is -2.05. The highest BCUT2D eigenvalue weighted by atomic mass is 15.2. The number of aromatic nitrogens is 2. The molecular weight excluding hydrogens is 138 g/mol. The Kier molecular flexibility index (Phi) is 2.65. The quantitative estimate of drug-likeness (QED) is 0.709. The number of nitrogens with zero attached hydrogens (tertiary/aromatic N) is 2. The van der Waals surface area contributed by atoms with Crippen LogP contribution in [-0.4, -0.2) is 9.78 Å². The predicted octanol–water partition coefficient (Wildman–Crippen LogP) is 1.22. The molecule has 0 aromatic carbocycles. The van der Waals surface area contributed by atoms with Crippen molar-refractivity contribution in [2.75, 3.05) is 0 Å². The van der Waals surface area contributed by atoms with Gasteiger partial charge in [0.2, 0.25) is 0 Å². The SMILES string of the molecule is CCC[C@H](N)c1cnn(C)c1. The minimum absolute atomic E-state index is 0.161. The van der Waals surface area contributed by atoms with Gasteiger partial charge in [-0.3, -0.25) is 4.68 Å². The molecular formula is C8H15N3. The molecule has 1 atom stereocenters. The Hall–Kier alpha value is -0.830. The maximum Gasteiger partial charge on any atom is 0.0537 e. The molecule has 0 fully saturated rings. The van der Waals surface area contributed by atoms with Crippen LogP contribution >= 0.6 is 0 Å². The van der Waals surface area contributed by atoms with Crippen molar-refractivity contribution in [2.24, 2.45) is 12.8 Å². The lowest BCUT2D eigenvalue weighted by Crippen LogP contribution is -2.08. The fraction of sp³-hybridized carbons (Fsp3) is 0.625. The smallest absolute Gasteiger partial charge is 0.0537 e. The molecule has 0 amide bonds. The van der Waals surface area contributed by atoms with Crippen LogP contribution in [0.1, 0.15) is 31.4 Å². The van der Waals surface area contributed by atoms with Crippen molar-refractivity contribution in [1.29, 1.82) is 0 Å². The van der Waals surface area contributed by atoms with Gasteiger partial charge in [-0.15, -0.1) is 0 Å². The van der Waals surface area contributed by atoms with Crippen molar-refractivity contribution >= 4 is 0 Å². The van der Waals surface area contributed by atoms with Crippen LogP contribution in [0.15, 0.2) is 12.4 Å². The van der Waals surface area contributed by atoms with E-state index < -0.39 is 0 Å². The first kappa shape index (κ1) is 8.27. The molecule has 0 unspecified atom stereocenters. The van der Waals surface area contributed by atoms with E-state index in [0.717, 1.165) is 18.4 Å². The second-order valence-corrected chi connectivity index (χ2v) is 2.84. The molecule has 62 valence electrons. The van der Waals surface area contributed by atoms with Crippen LogP contribution in [0, 0.1) is 0 Å². The lowest BCUT2D eigenvalue weighted by molar-refractivity contribution is 0.637. The number of nitrogens with two attached hydrogens (primary N) is 1. The molecule has 1 rings (SSSR count). The molecule has 0 radical (unpaired) electrons. The molecule has 3 heteroatoms. The molecule has 1 aromatic heterocycles. The fourth-order valence-electron chi connectivity index (χ4n) is 1.11. The molecule has 0 aliphatic heterocycles. The van der Waals surface area contributed by atoms with E-state index in [1.54, 1.807) is 4.68 Å². The third-order valence-corrected chi connectivity index (χ3v) is 1.75. The summed E-state index contributed by atoms with van der Waals surface area (Å²) in [5.41, 5.74) is 7.00. The van der Waals surface area contributed by atoms with Gasteiger partial charge >= 0.3 is 0 Å². The van der Waals surface area contributed by atoms with Gasteiger partial charge in [-0.2, -0.15) is 5.10 Å². The van der Waals surface area contributed by atoms with Gasteiger partial charge in [-0.1, -0.05) is 13.3 Å². The standard InChI is InChI=1S/C8H15N3/c1-3-4-8(9)7-5-10-11(2)6-7/h5-6,8H,3-4,9H2,1-2H3/t8-/m0/s1. The van der Waals surface area contributed by atoms with Crippen molar-refractivity contribution < 1.29 is 0 Å². The van der Waals surface area contributed by atoms with Gasteiger partial charge < -0.3 is 5.73 Å². The highest BCUT2D eigenvalue weighted by Gasteiger charge is 2.05. The first-order valence-corrected chi connectivity index (χ1v) is 3.98. The summed E-state index contributed by atoms with van der Waals surface area (Å²) in [4.78, 5) is 0. The average Bonchev–Trinajstić information content (AvgIpc) is 2.36. The minimum atomic E-state index is 0.161. The molecule has 0 aliphatic carbocycles. The van der Waals surface area contributed by atoms with Gasteiger partial charge in [0.05, 0.1) is 6.20 Å². The summed E-state index contributed by atoms with van der Waals surface area (Å²) in [5, 5.41) is 4.06. The summed E-state index contributed by atoms with van der Waals surface area (Å²) in [6.45, 7) is 2.14. The molecule has 11 heavy (non-hydrogen) atoms. The third-order valence-electron chi connectivity index (χ3n) is 1.75. The monoisotopic (exact) mass is 153 g/mol. The van der Waals surface area contributed by atoms with Gasteiger partial charge in [0, 0.05) is 24.8 Å². The van der Waals surface area contributed by atoms with Crippen molar-refractivity contribution in [1.82, 2.24) is 9.78 Å². The van der Waals surface area contributed by atoms with Crippen LogP contribution in [-0.2, 0) is 7.05 Å². The molecule has 1 heterocycles. The minimum Gasteiger partial charge on any atom is -0.324 e. The molecule has 0 bridgehead atoms. The largest absolute Gasteiger partial charge is 0.324 e. The van der Waals surface area contributed by atoms with E-state index in [9.17, 15) is 0 Å². The molecule has 0 saturated carbocycles. The first-order valence-electron chi connectivity index (χ1n) is 3.98. The van der Waals surface area contributed by atoms with Gasteiger partial charge in [-0.25, -0.2) is 0 Å². The average molecular weight is 153 g/mol. The van der Waals surface area contributed by atoms with E-state index in [1.165, 1.54) is 0 Å². The van der Waals surface area contributed by atoms with Crippen molar-refractivity contribution in [2.45, 2.75) is 25.8 Å². The summed E-state index contributed by atoms with van der Waals surface area (Å²) >= 11 is 0. The Labute approximate surface area is 67.2 Å². The molecule has 3 nitrogen and oxygen atoms in total. The van der Waals surface area contributed by atoms with E-state index in [0.29, 0.717) is 0 Å². The zero-order chi connectivity index (χ0) is 8.27. The molecule has 1 aromatic rings. The maximum atomic E-state index is 5.87. The lowest BCUT2D eigenvalue weighted by atomic mass is 10.1. The van der Waals surface area contributed by atoms with Crippen molar-refractivity contribution in [3.05, 3.63) is 18.0 Å². The van der Waals surface area contributed by atoms with Gasteiger partial charge in [-0.05, 0) is 6.42 Å². The second kappa shape index (κ2) is 3.53. The third kappa shape index (κ3) is 2.05. The van der Waals surface area contributed by atoms with E-state index in [-0.39, 0.29) is 6.04 Å². The van der Waals surface area contributed by atoms with Crippen LogP contribution < -0.4 is 5.73 Å². The Morgan fingerprint density at radius 3 is 2.91 bits per heavy atom. The Morgan fingerprint density at radius 2 is 2.45 bits per heavy atom. The zero-order valence-electron chi connectivity index (χ0n) is 7.12. The number of aryl methyl sites for hydroxylation is 1. The number of hydrogen-bond donors (Lipinski definition) is 1. The van der Waals surface area contributed by atoms with Crippen LogP contribution in [0.3, 0.4) is 0 Å². The van der Waals surface area contributed by atoms with Crippen molar-refractivity contribution in [3.63, 3.8) is 0 Å². The van der Waals surface area contributed by atoms with E-state index in [2.05, 4.69) is 12.0 Å². The summed E-state index contributed by atoms with van der Waals surface area (Å²) in [6, 6.07) is 0.161. The Balaban J connectivity index is 2.60. The van der Waals surface area contributed by atoms with E-state index in [1.807, 2.05) is 19.4 Å². The van der Waals surface area contributed by atoms with Crippen LogP contribution in [0.4, 0.5) is 0 Å². The fourth-order valence-corrected chi connectivity index (χ4v) is 1.11. The molecule has 0 saturated heterocycles. The number of hydrogen-bond acceptors (Lipinski definition) is 2. The van der Waals surface area contributed by atoms with E-state index >= 15 is 0 Å². The summed E-state index contributed by atoms with van der Waals surface area (Å²) in [6.07, 6.45) is 5.96.